The van der Waals surface area contributed by atoms with Crippen LogP contribution in [0, 0.1) is 0 Å². The first kappa shape index (κ1) is 15.6. The molecule has 1 heterocycles. The van der Waals surface area contributed by atoms with Gasteiger partial charge in [0, 0.05) is 23.7 Å². The standard InChI is InChI=1S/C19H21NO3/c1-21-10-11-22-12-13-23-17-8-6-15(7-9-17)19-14-16-4-2-3-5-18(16)20-19/h2-9,14,20H,10-13H2,1H3. The van der Waals surface area contributed by atoms with E-state index in [0.717, 1.165) is 22.5 Å². The van der Waals surface area contributed by atoms with Gasteiger partial charge in [0.2, 0.25) is 0 Å². The molecule has 3 rings (SSSR count). The van der Waals surface area contributed by atoms with Gasteiger partial charge in [-0.15, -0.1) is 0 Å². The third-order valence-electron chi connectivity index (χ3n) is 3.62. The quantitative estimate of drug-likeness (QED) is 0.642. The van der Waals surface area contributed by atoms with E-state index in [0.29, 0.717) is 26.4 Å². The van der Waals surface area contributed by atoms with Crippen LogP contribution in [0.25, 0.3) is 22.2 Å². The Bertz CT molecular complexity index is 701. The summed E-state index contributed by atoms with van der Waals surface area (Å²) in [4.78, 5) is 3.43. The fourth-order valence-corrected chi connectivity index (χ4v) is 2.42. The molecule has 120 valence electrons. The lowest BCUT2D eigenvalue weighted by Crippen LogP contribution is -2.09. The third-order valence-corrected chi connectivity index (χ3v) is 3.62. The van der Waals surface area contributed by atoms with Crippen molar-refractivity contribution in [3.05, 3.63) is 54.6 Å². The summed E-state index contributed by atoms with van der Waals surface area (Å²) < 4.78 is 15.9. The summed E-state index contributed by atoms with van der Waals surface area (Å²) in [6, 6.07) is 18.5. The second-order valence-electron chi connectivity index (χ2n) is 5.25. The molecule has 4 heteroatoms. The number of benzene rings is 2. The van der Waals surface area contributed by atoms with Crippen molar-refractivity contribution in [2.75, 3.05) is 33.5 Å². The molecular weight excluding hydrogens is 290 g/mol. The van der Waals surface area contributed by atoms with Crippen molar-refractivity contribution in [3.8, 4) is 17.0 Å². The normalized spacial score (nSPS) is 11.0. The van der Waals surface area contributed by atoms with Gasteiger partial charge >= 0.3 is 0 Å². The molecular formula is C19H21NO3. The van der Waals surface area contributed by atoms with E-state index in [-0.39, 0.29) is 0 Å². The van der Waals surface area contributed by atoms with Crippen molar-refractivity contribution in [1.82, 2.24) is 4.98 Å². The summed E-state index contributed by atoms with van der Waals surface area (Å²) in [6.45, 7) is 2.31. The van der Waals surface area contributed by atoms with E-state index in [2.05, 4.69) is 35.3 Å². The maximum Gasteiger partial charge on any atom is 0.119 e. The molecule has 0 amide bonds. The van der Waals surface area contributed by atoms with Crippen molar-refractivity contribution >= 4 is 10.9 Å². The number of H-pyrrole nitrogens is 1. The number of para-hydroxylation sites is 1. The molecule has 0 spiro atoms. The van der Waals surface area contributed by atoms with Gasteiger partial charge in [-0.05, 0) is 42.0 Å². The van der Waals surface area contributed by atoms with Crippen molar-refractivity contribution < 1.29 is 14.2 Å². The molecule has 1 aromatic heterocycles. The Morgan fingerprint density at radius 1 is 0.870 bits per heavy atom. The zero-order chi connectivity index (χ0) is 15.9. The van der Waals surface area contributed by atoms with Crippen LogP contribution in [0.15, 0.2) is 54.6 Å². The SMILES string of the molecule is COCCOCCOc1ccc(-c2cc3ccccc3[nH]2)cc1. The highest BCUT2D eigenvalue weighted by Gasteiger charge is 2.03. The summed E-state index contributed by atoms with van der Waals surface area (Å²) in [5.74, 6) is 0.847. The lowest BCUT2D eigenvalue weighted by Gasteiger charge is -2.07. The van der Waals surface area contributed by atoms with Gasteiger partial charge in [-0.1, -0.05) is 18.2 Å². The van der Waals surface area contributed by atoms with E-state index in [1.54, 1.807) is 7.11 Å². The van der Waals surface area contributed by atoms with E-state index in [4.69, 9.17) is 14.2 Å². The van der Waals surface area contributed by atoms with E-state index >= 15 is 0 Å². The first-order valence-electron chi connectivity index (χ1n) is 7.74. The first-order valence-corrected chi connectivity index (χ1v) is 7.74. The minimum Gasteiger partial charge on any atom is -0.491 e. The second-order valence-corrected chi connectivity index (χ2v) is 5.25. The maximum absolute atomic E-state index is 5.66. The summed E-state index contributed by atoms with van der Waals surface area (Å²) >= 11 is 0. The van der Waals surface area contributed by atoms with Gasteiger partial charge in [0.25, 0.3) is 0 Å². The van der Waals surface area contributed by atoms with Crippen LogP contribution in [-0.2, 0) is 9.47 Å². The van der Waals surface area contributed by atoms with Crippen LogP contribution >= 0.6 is 0 Å². The summed E-state index contributed by atoms with van der Waals surface area (Å²) in [7, 11) is 1.66. The predicted molar refractivity (Wildman–Crippen MR) is 91.9 cm³/mol. The number of ether oxygens (including phenoxy) is 3. The number of hydrogen-bond donors (Lipinski definition) is 1. The molecule has 0 fully saturated rings. The zero-order valence-electron chi connectivity index (χ0n) is 13.2. The van der Waals surface area contributed by atoms with Crippen LogP contribution < -0.4 is 4.74 Å². The van der Waals surface area contributed by atoms with Gasteiger partial charge in [-0.2, -0.15) is 0 Å². The summed E-state index contributed by atoms with van der Waals surface area (Å²) in [5, 5.41) is 1.22. The Kier molecular flexibility index (Phi) is 5.29. The molecule has 0 saturated heterocycles. The molecule has 0 aliphatic rings. The molecule has 0 aliphatic heterocycles. The second kappa shape index (κ2) is 7.81. The van der Waals surface area contributed by atoms with Gasteiger partial charge in [-0.25, -0.2) is 0 Å². The molecule has 4 nitrogen and oxygen atoms in total. The van der Waals surface area contributed by atoms with Gasteiger partial charge in [0.05, 0.1) is 19.8 Å². The smallest absolute Gasteiger partial charge is 0.119 e. The minimum atomic E-state index is 0.537. The van der Waals surface area contributed by atoms with Crippen LogP contribution in [0.1, 0.15) is 0 Å². The number of methoxy groups -OCH3 is 1. The monoisotopic (exact) mass is 311 g/mol. The number of aromatic nitrogens is 1. The molecule has 0 radical (unpaired) electrons. The molecule has 0 bridgehead atoms. The summed E-state index contributed by atoms with van der Waals surface area (Å²) in [5.41, 5.74) is 3.40. The van der Waals surface area contributed by atoms with Crippen LogP contribution in [0.3, 0.4) is 0 Å². The molecule has 0 unspecified atom stereocenters. The Hall–Kier alpha value is -2.30. The minimum absolute atomic E-state index is 0.537. The Balaban J connectivity index is 1.56. The highest BCUT2D eigenvalue weighted by Crippen LogP contribution is 2.25. The molecule has 23 heavy (non-hydrogen) atoms. The lowest BCUT2D eigenvalue weighted by molar-refractivity contribution is 0.0544. The van der Waals surface area contributed by atoms with Crippen LogP contribution in [0.2, 0.25) is 0 Å². The molecule has 0 saturated carbocycles. The zero-order valence-corrected chi connectivity index (χ0v) is 13.2. The third kappa shape index (κ3) is 4.12. The fourth-order valence-electron chi connectivity index (χ4n) is 2.42. The van der Waals surface area contributed by atoms with Crippen molar-refractivity contribution in [2.24, 2.45) is 0 Å². The van der Waals surface area contributed by atoms with Gasteiger partial charge in [0.1, 0.15) is 12.4 Å². The lowest BCUT2D eigenvalue weighted by atomic mass is 10.1. The average Bonchev–Trinajstić information content (AvgIpc) is 3.02. The fraction of sp³-hybridized carbons (Fsp3) is 0.263. The first-order chi connectivity index (χ1) is 11.4. The van der Waals surface area contributed by atoms with E-state index in [9.17, 15) is 0 Å². The van der Waals surface area contributed by atoms with Gasteiger partial charge in [-0.3, -0.25) is 0 Å². The number of aromatic amines is 1. The number of fused-ring (bicyclic) bond motifs is 1. The number of rotatable bonds is 8. The Morgan fingerprint density at radius 2 is 1.65 bits per heavy atom. The largest absolute Gasteiger partial charge is 0.491 e. The van der Waals surface area contributed by atoms with Crippen molar-refractivity contribution in [3.63, 3.8) is 0 Å². The molecule has 1 N–H and O–H groups in total. The topological polar surface area (TPSA) is 43.5 Å². The summed E-state index contributed by atoms with van der Waals surface area (Å²) in [6.07, 6.45) is 0. The average molecular weight is 311 g/mol. The number of hydrogen-bond acceptors (Lipinski definition) is 3. The highest BCUT2D eigenvalue weighted by atomic mass is 16.5. The molecule has 0 atom stereocenters. The predicted octanol–water partition coefficient (Wildman–Crippen LogP) is 3.88. The molecule has 3 aromatic rings. The Morgan fingerprint density at radius 3 is 2.43 bits per heavy atom. The van der Waals surface area contributed by atoms with E-state index in [1.807, 2.05) is 24.3 Å². The van der Waals surface area contributed by atoms with Crippen LogP contribution in [-0.4, -0.2) is 38.5 Å². The van der Waals surface area contributed by atoms with Gasteiger partial charge in [0.15, 0.2) is 0 Å². The van der Waals surface area contributed by atoms with Crippen molar-refractivity contribution in [2.45, 2.75) is 0 Å². The highest BCUT2D eigenvalue weighted by molar-refractivity contribution is 5.85. The van der Waals surface area contributed by atoms with Crippen LogP contribution in [0.5, 0.6) is 5.75 Å². The Labute approximate surface area is 136 Å². The van der Waals surface area contributed by atoms with Gasteiger partial charge < -0.3 is 19.2 Å². The molecule has 0 aliphatic carbocycles. The maximum atomic E-state index is 5.66. The van der Waals surface area contributed by atoms with Crippen LogP contribution in [0.4, 0.5) is 0 Å². The van der Waals surface area contributed by atoms with E-state index in [1.165, 1.54) is 5.39 Å². The molecule has 2 aromatic carbocycles. The van der Waals surface area contributed by atoms with Crippen molar-refractivity contribution in [1.29, 1.82) is 0 Å². The number of nitrogens with one attached hydrogen (secondary N) is 1. The van der Waals surface area contributed by atoms with E-state index < -0.39 is 0 Å².